The van der Waals surface area contributed by atoms with Gasteiger partial charge in [0, 0.05) is 10.5 Å². The largest absolute Gasteiger partial charge is 0.478 e. The minimum absolute atomic E-state index is 0.0933. The number of hydrogen-bond acceptors (Lipinski definition) is 2. The van der Waals surface area contributed by atoms with Crippen molar-refractivity contribution in [3.8, 4) is 11.5 Å². The van der Waals surface area contributed by atoms with Crippen LogP contribution in [0.25, 0.3) is 0 Å². The average molecular weight is 311 g/mol. The van der Waals surface area contributed by atoms with Gasteiger partial charge in [-0.1, -0.05) is 22.0 Å². The van der Waals surface area contributed by atoms with Gasteiger partial charge >= 0.3 is 5.97 Å². The van der Waals surface area contributed by atoms with E-state index in [1.165, 1.54) is 30.3 Å². The molecule has 0 aromatic heterocycles. The molecule has 0 heterocycles. The highest BCUT2D eigenvalue weighted by Crippen LogP contribution is 2.26. The maximum atomic E-state index is 13.0. The Balaban J connectivity index is 2.31. The average Bonchev–Trinajstić information content (AvgIpc) is 2.28. The van der Waals surface area contributed by atoms with E-state index in [1.54, 1.807) is 12.1 Å². The number of rotatable bonds is 3. The van der Waals surface area contributed by atoms with Gasteiger partial charge in [0.05, 0.1) is 5.56 Å². The molecule has 5 heteroatoms. The molecule has 0 spiro atoms. The third kappa shape index (κ3) is 3.07. The molecule has 92 valence electrons. The van der Waals surface area contributed by atoms with E-state index in [-0.39, 0.29) is 5.56 Å². The highest BCUT2D eigenvalue weighted by Gasteiger charge is 2.07. The maximum Gasteiger partial charge on any atom is 0.335 e. The van der Waals surface area contributed by atoms with Gasteiger partial charge in [-0.15, -0.1) is 0 Å². The zero-order valence-corrected chi connectivity index (χ0v) is 10.6. The number of halogens is 2. The first-order valence-electron chi connectivity index (χ1n) is 5.02. The molecule has 0 bridgehead atoms. The van der Waals surface area contributed by atoms with Crippen LogP contribution in [0.15, 0.2) is 46.9 Å². The van der Waals surface area contributed by atoms with Gasteiger partial charge in [-0.3, -0.25) is 0 Å². The van der Waals surface area contributed by atoms with E-state index in [9.17, 15) is 9.18 Å². The molecule has 0 amide bonds. The maximum absolute atomic E-state index is 13.0. The summed E-state index contributed by atoms with van der Waals surface area (Å²) >= 11 is 3.19. The van der Waals surface area contributed by atoms with E-state index in [1.807, 2.05) is 0 Å². The van der Waals surface area contributed by atoms with Crippen LogP contribution < -0.4 is 4.74 Å². The van der Waals surface area contributed by atoms with Crippen molar-refractivity contribution in [3.05, 3.63) is 58.3 Å². The molecule has 0 fully saturated rings. The van der Waals surface area contributed by atoms with Crippen molar-refractivity contribution in [1.82, 2.24) is 0 Å². The molecule has 0 atom stereocenters. The summed E-state index contributed by atoms with van der Waals surface area (Å²) in [6, 6.07) is 10.1. The number of carbonyl (C=O) groups is 1. The second-order valence-corrected chi connectivity index (χ2v) is 4.46. The lowest BCUT2D eigenvalue weighted by Gasteiger charge is -2.07. The van der Waals surface area contributed by atoms with Crippen LogP contribution in [0.1, 0.15) is 10.4 Å². The lowest BCUT2D eigenvalue weighted by atomic mass is 10.2. The molecule has 18 heavy (non-hydrogen) atoms. The Morgan fingerprint density at radius 1 is 1.17 bits per heavy atom. The summed E-state index contributed by atoms with van der Waals surface area (Å²) in [6.07, 6.45) is 0. The van der Waals surface area contributed by atoms with Crippen LogP contribution in [0, 0.1) is 5.82 Å². The molecule has 0 saturated carbocycles. The zero-order valence-electron chi connectivity index (χ0n) is 9.06. The van der Waals surface area contributed by atoms with Gasteiger partial charge in [-0.05, 0) is 30.3 Å². The van der Waals surface area contributed by atoms with Gasteiger partial charge in [0.1, 0.15) is 17.3 Å². The Morgan fingerprint density at radius 2 is 1.94 bits per heavy atom. The fraction of sp³-hybridized carbons (Fsp3) is 0. The first kappa shape index (κ1) is 12.6. The predicted molar refractivity (Wildman–Crippen MR) is 67.6 cm³/mol. The van der Waals surface area contributed by atoms with E-state index >= 15 is 0 Å². The van der Waals surface area contributed by atoms with Crippen molar-refractivity contribution in [1.29, 1.82) is 0 Å². The molecule has 0 aliphatic heterocycles. The molecule has 0 saturated heterocycles. The van der Waals surface area contributed by atoms with Gasteiger partial charge < -0.3 is 9.84 Å². The number of aromatic carboxylic acids is 1. The minimum Gasteiger partial charge on any atom is -0.478 e. The molecule has 0 unspecified atom stereocenters. The molecule has 0 aliphatic carbocycles. The van der Waals surface area contributed by atoms with Crippen molar-refractivity contribution in [2.24, 2.45) is 0 Å². The fourth-order valence-electron chi connectivity index (χ4n) is 1.41. The molecule has 3 nitrogen and oxygen atoms in total. The van der Waals surface area contributed by atoms with Crippen LogP contribution in [0.3, 0.4) is 0 Å². The highest BCUT2D eigenvalue weighted by atomic mass is 79.9. The van der Waals surface area contributed by atoms with Gasteiger partial charge in [0.2, 0.25) is 0 Å². The van der Waals surface area contributed by atoms with Crippen molar-refractivity contribution in [2.75, 3.05) is 0 Å². The Hall–Kier alpha value is -1.88. The number of carboxylic acids is 1. The molecule has 2 aromatic carbocycles. The highest BCUT2D eigenvalue weighted by molar-refractivity contribution is 9.10. The standard InChI is InChI=1S/C13H8BrFO3/c14-9-4-8(13(16)17)5-12(6-9)18-11-3-1-2-10(15)7-11/h1-7H,(H,16,17). The fourth-order valence-corrected chi connectivity index (χ4v) is 1.88. The van der Waals surface area contributed by atoms with Gasteiger partial charge in [-0.2, -0.15) is 0 Å². The molecular weight excluding hydrogens is 303 g/mol. The molecule has 0 radical (unpaired) electrons. The zero-order chi connectivity index (χ0) is 13.1. The summed E-state index contributed by atoms with van der Waals surface area (Å²) in [6.45, 7) is 0. The number of benzene rings is 2. The van der Waals surface area contributed by atoms with Gasteiger partial charge in [-0.25, -0.2) is 9.18 Å². The van der Waals surface area contributed by atoms with Crippen molar-refractivity contribution in [3.63, 3.8) is 0 Å². The third-order valence-electron chi connectivity index (χ3n) is 2.15. The van der Waals surface area contributed by atoms with E-state index in [4.69, 9.17) is 9.84 Å². The van der Waals surface area contributed by atoms with Crippen molar-refractivity contribution >= 4 is 21.9 Å². The van der Waals surface area contributed by atoms with Crippen LogP contribution in [0.5, 0.6) is 11.5 Å². The molecule has 2 rings (SSSR count). The SMILES string of the molecule is O=C(O)c1cc(Br)cc(Oc2cccc(F)c2)c1. The topological polar surface area (TPSA) is 46.5 Å². The predicted octanol–water partition coefficient (Wildman–Crippen LogP) is 4.08. The quantitative estimate of drug-likeness (QED) is 0.929. The Bertz CT molecular complexity index is 599. The van der Waals surface area contributed by atoms with Crippen LogP contribution in [0.2, 0.25) is 0 Å². The normalized spacial score (nSPS) is 10.1. The van der Waals surface area contributed by atoms with Crippen LogP contribution in [-0.2, 0) is 0 Å². The summed E-state index contributed by atoms with van der Waals surface area (Å²) in [7, 11) is 0. The molecule has 1 N–H and O–H groups in total. The summed E-state index contributed by atoms with van der Waals surface area (Å²) < 4.78 is 18.9. The minimum atomic E-state index is -1.06. The van der Waals surface area contributed by atoms with E-state index < -0.39 is 11.8 Å². The molecule has 2 aromatic rings. The Labute approximate surface area is 111 Å². The van der Waals surface area contributed by atoms with E-state index in [0.29, 0.717) is 16.0 Å². The third-order valence-corrected chi connectivity index (χ3v) is 2.61. The summed E-state index contributed by atoms with van der Waals surface area (Å²) in [5.41, 5.74) is 0.0933. The van der Waals surface area contributed by atoms with Gasteiger partial charge in [0.25, 0.3) is 0 Å². The van der Waals surface area contributed by atoms with E-state index in [0.717, 1.165) is 0 Å². The Morgan fingerprint density at radius 3 is 2.61 bits per heavy atom. The Kier molecular flexibility index (Phi) is 3.62. The summed E-state index contributed by atoms with van der Waals surface area (Å²) in [4.78, 5) is 10.9. The van der Waals surface area contributed by atoms with E-state index in [2.05, 4.69) is 15.9 Å². The van der Waals surface area contributed by atoms with Crippen molar-refractivity contribution < 1.29 is 19.0 Å². The second-order valence-electron chi connectivity index (χ2n) is 3.54. The van der Waals surface area contributed by atoms with Crippen LogP contribution in [-0.4, -0.2) is 11.1 Å². The first-order valence-corrected chi connectivity index (χ1v) is 5.81. The lowest BCUT2D eigenvalue weighted by Crippen LogP contribution is -1.96. The summed E-state index contributed by atoms with van der Waals surface area (Å²) in [5.74, 6) is -0.835. The smallest absolute Gasteiger partial charge is 0.335 e. The molecular formula is C13H8BrFO3. The van der Waals surface area contributed by atoms with Crippen LogP contribution in [0.4, 0.5) is 4.39 Å². The number of hydrogen-bond donors (Lipinski definition) is 1. The van der Waals surface area contributed by atoms with Crippen LogP contribution >= 0.6 is 15.9 Å². The molecule has 0 aliphatic rings. The number of ether oxygens (including phenoxy) is 1. The number of carboxylic acid groups (broad SMARTS) is 1. The monoisotopic (exact) mass is 310 g/mol. The van der Waals surface area contributed by atoms with Crippen molar-refractivity contribution in [2.45, 2.75) is 0 Å². The second kappa shape index (κ2) is 5.18. The first-order chi connectivity index (χ1) is 8.54. The summed E-state index contributed by atoms with van der Waals surface area (Å²) in [5, 5.41) is 8.91. The lowest BCUT2D eigenvalue weighted by molar-refractivity contribution is 0.0696. The van der Waals surface area contributed by atoms with Gasteiger partial charge in [0.15, 0.2) is 0 Å².